The van der Waals surface area contributed by atoms with Crippen molar-refractivity contribution in [3.63, 3.8) is 0 Å². The van der Waals surface area contributed by atoms with Gasteiger partial charge in [0.1, 0.15) is 0 Å². The molecule has 0 fully saturated rings. The van der Waals surface area contributed by atoms with E-state index in [1.165, 1.54) is 0 Å². The van der Waals surface area contributed by atoms with Gasteiger partial charge < -0.3 is 10.6 Å². The topological polar surface area (TPSA) is 41.1 Å². The number of nitrogens with one attached hydrogen (secondary N) is 2. The van der Waals surface area contributed by atoms with Crippen LogP contribution in [-0.2, 0) is 4.79 Å². The van der Waals surface area contributed by atoms with Crippen LogP contribution in [0, 0.1) is 0 Å². The Morgan fingerprint density at radius 1 is 1.47 bits per heavy atom. The van der Waals surface area contributed by atoms with Gasteiger partial charge in [-0.15, -0.1) is 0 Å². The summed E-state index contributed by atoms with van der Waals surface area (Å²) in [5.74, 6) is 0.0854. The second-order valence-corrected chi connectivity index (χ2v) is 4.44. The van der Waals surface area contributed by atoms with Gasteiger partial charge in [0.15, 0.2) is 0 Å². The van der Waals surface area contributed by atoms with E-state index in [2.05, 4.69) is 17.6 Å². The third-order valence-electron chi connectivity index (χ3n) is 2.66. The first kappa shape index (κ1) is 14.0. The number of amides is 1. The minimum atomic E-state index is 0.0854. The molecule has 94 valence electrons. The van der Waals surface area contributed by atoms with Crippen molar-refractivity contribution in [2.45, 2.75) is 25.8 Å². The van der Waals surface area contributed by atoms with E-state index in [0.717, 1.165) is 23.6 Å². The minimum Gasteiger partial charge on any atom is -0.359 e. The Morgan fingerprint density at radius 3 is 2.88 bits per heavy atom. The summed E-state index contributed by atoms with van der Waals surface area (Å²) in [5.41, 5.74) is 1.16. The number of rotatable bonds is 6. The van der Waals surface area contributed by atoms with Crippen molar-refractivity contribution in [3.05, 3.63) is 34.9 Å². The molecule has 3 nitrogen and oxygen atoms in total. The SMILES string of the molecule is CNC(=O)CCCNC(C)c1cccc(Cl)c1. The maximum atomic E-state index is 11.0. The normalized spacial score (nSPS) is 12.2. The van der Waals surface area contributed by atoms with Crippen LogP contribution in [0.4, 0.5) is 0 Å². The summed E-state index contributed by atoms with van der Waals surface area (Å²) in [6.45, 7) is 2.91. The molecule has 1 rings (SSSR count). The van der Waals surface area contributed by atoms with Crippen LogP contribution in [0.5, 0.6) is 0 Å². The second kappa shape index (κ2) is 7.30. The second-order valence-electron chi connectivity index (χ2n) is 4.01. The predicted molar refractivity (Wildman–Crippen MR) is 71.2 cm³/mol. The molecule has 1 aromatic rings. The molecule has 0 aliphatic heterocycles. The van der Waals surface area contributed by atoms with Crippen LogP contribution in [0.15, 0.2) is 24.3 Å². The van der Waals surface area contributed by atoms with Gasteiger partial charge in [-0.3, -0.25) is 4.79 Å². The van der Waals surface area contributed by atoms with E-state index in [4.69, 9.17) is 11.6 Å². The zero-order valence-corrected chi connectivity index (χ0v) is 11.1. The van der Waals surface area contributed by atoms with E-state index in [0.29, 0.717) is 6.42 Å². The Hall–Kier alpha value is -1.06. The molecule has 0 aromatic heterocycles. The zero-order chi connectivity index (χ0) is 12.7. The Labute approximate surface area is 108 Å². The molecule has 17 heavy (non-hydrogen) atoms. The van der Waals surface area contributed by atoms with Gasteiger partial charge in [0.2, 0.25) is 5.91 Å². The lowest BCUT2D eigenvalue weighted by atomic mass is 10.1. The van der Waals surface area contributed by atoms with E-state index in [9.17, 15) is 4.79 Å². The van der Waals surface area contributed by atoms with Crippen molar-refractivity contribution in [2.24, 2.45) is 0 Å². The molecule has 0 spiro atoms. The van der Waals surface area contributed by atoms with Crippen LogP contribution in [-0.4, -0.2) is 19.5 Å². The molecule has 0 saturated carbocycles. The molecular weight excluding hydrogens is 236 g/mol. The first-order valence-corrected chi connectivity index (χ1v) is 6.20. The summed E-state index contributed by atoms with van der Waals surface area (Å²) in [6.07, 6.45) is 1.40. The van der Waals surface area contributed by atoms with E-state index in [1.807, 2.05) is 24.3 Å². The maximum Gasteiger partial charge on any atom is 0.219 e. The van der Waals surface area contributed by atoms with Gasteiger partial charge in [-0.05, 0) is 37.6 Å². The largest absolute Gasteiger partial charge is 0.359 e. The average Bonchev–Trinajstić information content (AvgIpc) is 2.34. The molecular formula is C13H19ClN2O. The first-order valence-electron chi connectivity index (χ1n) is 5.83. The average molecular weight is 255 g/mol. The van der Waals surface area contributed by atoms with Crippen LogP contribution in [0.1, 0.15) is 31.4 Å². The van der Waals surface area contributed by atoms with Crippen molar-refractivity contribution in [1.29, 1.82) is 0 Å². The smallest absolute Gasteiger partial charge is 0.219 e. The Kier molecular flexibility index (Phi) is 6.01. The predicted octanol–water partition coefficient (Wildman–Crippen LogP) is 2.52. The maximum absolute atomic E-state index is 11.0. The number of carbonyl (C=O) groups is 1. The van der Waals surface area contributed by atoms with Crippen molar-refractivity contribution in [3.8, 4) is 0 Å². The lowest BCUT2D eigenvalue weighted by Crippen LogP contribution is -2.23. The number of halogens is 1. The summed E-state index contributed by atoms with van der Waals surface area (Å²) in [6, 6.07) is 8.06. The van der Waals surface area contributed by atoms with Crippen LogP contribution < -0.4 is 10.6 Å². The Morgan fingerprint density at radius 2 is 2.24 bits per heavy atom. The van der Waals surface area contributed by atoms with Crippen molar-refractivity contribution < 1.29 is 4.79 Å². The number of hydrogen-bond donors (Lipinski definition) is 2. The number of carbonyl (C=O) groups excluding carboxylic acids is 1. The quantitative estimate of drug-likeness (QED) is 0.766. The molecule has 1 amide bonds. The van der Waals surface area contributed by atoms with Gasteiger partial charge in [-0.1, -0.05) is 23.7 Å². The summed E-state index contributed by atoms with van der Waals surface area (Å²) >= 11 is 5.93. The standard InChI is InChI=1S/C13H19ClN2O/c1-10(11-5-3-6-12(14)9-11)16-8-4-7-13(17)15-2/h3,5-6,9-10,16H,4,7-8H2,1-2H3,(H,15,17). The fourth-order valence-electron chi connectivity index (χ4n) is 1.59. The summed E-state index contributed by atoms with van der Waals surface area (Å²) in [5, 5.41) is 6.73. The summed E-state index contributed by atoms with van der Waals surface area (Å²) in [7, 11) is 1.66. The first-order chi connectivity index (χ1) is 8.13. The molecule has 1 aromatic carbocycles. The number of benzene rings is 1. The molecule has 0 aliphatic carbocycles. The molecule has 2 N–H and O–H groups in total. The monoisotopic (exact) mass is 254 g/mol. The Balaban J connectivity index is 2.30. The van der Waals surface area contributed by atoms with Gasteiger partial charge in [-0.2, -0.15) is 0 Å². The van der Waals surface area contributed by atoms with E-state index in [1.54, 1.807) is 7.05 Å². The highest BCUT2D eigenvalue weighted by molar-refractivity contribution is 6.30. The van der Waals surface area contributed by atoms with E-state index >= 15 is 0 Å². The summed E-state index contributed by atoms with van der Waals surface area (Å²) in [4.78, 5) is 11.0. The van der Waals surface area contributed by atoms with Crippen molar-refractivity contribution >= 4 is 17.5 Å². The highest BCUT2D eigenvalue weighted by Crippen LogP contribution is 2.17. The van der Waals surface area contributed by atoms with Crippen LogP contribution in [0.3, 0.4) is 0 Å². The molecule has 1 atom stereocenters. The van der Waals surface area contributed by atoms with Crippen molar-refractivity contribution in [2.75, 3.05) is 13.6 Å². The lowest BCUT2D eigenvalue weighted by molar-refractivity contribution is -0.120. The third-order valence-corrected chi connectivity index (χ3v) is 2.89. The third kappa shape index (κ3) is 5.20. The molecule has 0 radical (unpaired) electrons. The molecule has 1 unspecified atom stereocenters. The highest BCUT2D eigenvalue weighted by atomic mass is 35.5. The summed E-state index contributed by atoms with van der Waals surface area (Å²) < 4.78 is 0. The molecule has 0 saturated heterocycles. The molecule has 0 aliphatic rings. The molecule has 4 heteroatoms. The van der Waals surface area contributed by atoms with Crippen LogP contribution in [0.2, 0.25) is 5.02 Å². The fraction of sp³-hybridized carbons (Fsp3) is 0.462. The van der Waals surface area contributed by atoms with Crippen molar-refractivity contribution in [1.82, 2.24) is 10.6 Å². The number of hydrogen-bond acceptors (Lipinski definition) is 2. The van der Waals surface area contributed by atoms with E-state index < -0.39 is 0 Å². The highest BCUT2D eigenvalue weighted by Gasteiger charge is 2.05. The van der Waals surface area contributed by atoms with Gasteiger partial charge in [0, 0.05) is 24.5 Å². The van der Waals surface area contributed by atoms with Gasteiger partial charge in [-0.25, -0.2) is 0 Å². The van der Waals surface area contributed by atoms with Gasteiger partial charge >= 0.3 is 0 Å². The molecule has 0 bridgehead atoms. The minimum absolute atomic E-state index is 0.0854. The molecule has 0 heterocycles. The fourth-order valence-corrected chi connectivity index (χ4v) is 1.79. The van der Waals surface area contributed by atoms with E-state index in [-0.39, 0.29) is 11.9 Å². The van der Waals surface area contributed by atoms with Gasteiger partial charge in [0.05, 0.1) is 0 Å². The Bertz CT molecular complexity index is 368. The van der Waals surface area contributed by atoms with Crippen LogP contribution in [0.25, 0.3) is 0 Å². The van der Waals surface area contributed by atoms with Crippen LogP contribution >= 0.6 is 11.6 Å². The zero-order valence-electron chi connectivity index (χ0n) is 10.3. The van der Waals surface area contributed by atoms with Gasteiger partial charge in [0.25, 0.3) is 0 Å². The lowest BCUT2D eigenvalue weighted by Gasteiger charge is -2.14.